The second kappa shape index (κ2) is 8.86. The van der Waals surface area contributed by atoms with E-state index in [0.29, 0.717) is 12.3 Å². The number of benzene rings is 3. The predicted octanol–water partition coefficient (Wildman–Crippen LogP) is 3.71. The highest BCUT2D eigenvalue weighted by atomic mass is 16.5. The number of nitrogens with two attached hydrogens (primary N) is 1. The number of aryl methyl sites for hydroxylation is 1. The molecule has 0 bridgehead atoms. The van der Waals surface area contributed by atoms with Gasteiger partial charge in [0.25, 0.3) is 11.8 Å². The maximum Gasteiger partial charge on any atom is 0.265 e. The number of primary amides is 1. The van der Waals surface area contributed by atoms with Crippen molar-refractivity contribution in [3.8, 4) is 5.75 Å². The lowest BCUT2D eigenvalue weighted by molar-refractivity contribution is -0.120. The molecule has 0 saturated heterocycles. The van der Waals surface area contributed by atoms with E-state index in [-0.39, 0.29) is 18.1 Å². The topological polar surface area (TPSA) is 72.6 Å². The molecule has 0 heterocycles. The maximum atomic E-state index is 13.0. The van der Waals surface area contributed by atoms with Crippen LogP contribution in [0.2, 0.25) is 0 Å². The molecule has 3 aromatic carbocycles. The van der Waals surface area contributed by atoms with Gasteiger partial charge in [-0.25, -0.2) is 0 Å². The molecule has 0 saturated carbocycles. The van der Waals surface area contributed by atoms with Gasteiger partial charge in [-0.1, -0.05) is 54.6 Å². The van der Waals surface area contributed by atoms with Crippen LogP contribution in [-0.2, 0) is 11.3 Å². The van der Waals surface area contributed by atoms with E-state index >= 15 is 0 Å². The molecule has 0 aliphatic heterocycles. The molecule has 2 amide bonds. The van der Waals surface area contributed by atoms with Crippen LogP contribution >= 0.6 is 0 Å². The number of carbonyl (C=O) groups excluding carboxylic acids is 2. The summed E-state index contributed by atoms with van der Waals surface area (Å²) < 4.78 is 5.69. The molecule has 0 spiro atoms. The highest BCUT2D eigenvalue weighted by molar-refractivity contribution is 5.97. The van der Waals surface area contributed by atoms with Gasteiger partial charge in [-0.05, 0) is 42.3 Å². The smallest absolute Gasteiger partial charge is 0.265 e. The van der Waals surface area contributed by atoms with Crippen molar-refractivity contribution in [1.82, 2.24) is 0 Å². The summed E-state index contributed by atoms with van der Waals surface area (Å²) in [5.41, 5.74) is 8.37. The van der Waals surface area contributed by atoms with E-state index in [2.05, 4.69) is 0 Å². The number of para-hydroxylation sites is 1. The molecule has 0 fully saturated rings. The Morgan fingerprint density at radius 2 is 1.57 bits per heavy atom. The van der Waals surface area contributed by atoms with Gasteiger partial charge in [-0.3, -0.25) is 9.59 Å². The number of anilines is 1. The van der Waals surface area contributed by atoms with Gasteiger partial charge in [-0.15, -0.1) is 0 Å². The molecule has 0 atom stereocenters. The average molecular weight is 374 g/mol. The van der Waals surface area contributed by atoms with Crippen molar-refractivity contribution < 1.29 is 14.3 Å². The van der Waals surface area contributed by atoms with E-state index in [1.165, 1.54) is 0 Å². The van der Waals surface area contributed by atoms with E-state index in [9.17, 15) is 9.59 Å². The molecule has 0 unspecified atom stereocenters. The van der Waals surface area contributed by atoms with Crippen molar-refractivity contribution in [2.75, 3.05) is 11.5 Å². The molecule has 0 aliphatic rings. The van der Waals surface area contributed by atoms with E-state index in [0.717, 1.165) is 16.8 Å². The maximum absolute atomic E-state index is 13.0. The Bertz CT molecular complexity index is 956. The normalized spacial score (nSPS) is 10.3. The van der Waals surface area contributed by atoms with Crippen LogP contribution in [0.25, 0.3) is 0 Å². The Kier molecular flexibility index (Phi) is 6.07. The first-order chi connectivity index (χ1) is 13.5. The third-order valence-corrected chi connectivity index (χ3v) is 4.31. The summed E-state index contributed by atoms with van der Waals surface area (Å²) in [7, 11) is 0. The molecule has 3 aromatic rings. The number of hydrogen-bond acceptors (Lipinski definition) is 3. The van der Waals surface area contributed by atoms with E-state index in [1.807, 2.05) is 67.6 Å². The monoisotopic (exact) mass is 374 g/mol. The van der Waals surface area contributed by atoms with Crippen LogP contribution < -0.4 is 15.4 Å². The molecule has 5 nitrogen and oxygen atoms in total. The van der Waals surface area contributed by atoms with Gasteiger partial charge in [-0.2, -0.15) is 0 Å². The number of hydrogen-bond donors (Lipinski definition) is 1. The minimum absolute atomic E-state index is 0.203. The summed E-state index contributed by atoms with van der Waals surface area (Å²) in [4.78, 5) is 26.3. The number of amides is 2. The van der Waals surface area contributed by atoms with E-state index in [1.54, 1.807) is 23.1 Å². The Balaban J connectivity index is 1.80. The molecule has 142 valence electrons. The molecule has 0 aliphatic carbocycles. The van der Waals surface area contributed by atoms with Crippen LogP contribution in [0.3, 0.4) is 0 Å². The summed E-state index contributed by atoms with van der Waals surface area (Å²) >= 11 is 0. The standard InChI is InChI=1S/C23H22N2O3/c1-17-12-13-20(23(24)27)21(14-17)28-16-22(26)25(19-10-6-3-7-11-19)15-18-8-4-2-5-9-18/h2-14H,15-16H2,1H3,(H2,24,27). The number of rotatable bonds is 7. The first kappa shape index (κ1) is 19.2. The first-order valence-electron chi connectivity index (χ1n) is 8.97. The lowest BCUT2D eigenvalue weighted by atomic mass is 10.1. The molecular formula is C23H22N2O3. The fourth-order valence-electron chi connectivity index (χ4n) is 2.87. The van der Waals surface area contributed by atoms with Crippen molar-refractivity contribution in [3.05, 3.63) is 95.6 Å². The quantitative estimate of drug-likeness (QED) is 0.685. The third-order valence-electron chi connectivity index (χ3n) is 4.31. The summed E-state index contributed by atoms with van der Waals surface area (Å²) in [6.07, 6.45) is 0. The largest absolute Gasteiger partial charge is 0.483 e. The fourth-order valence-corrected chi connectivity index (χ4v) is 2.87. The molecule has 28 heavy (non-hydrogen) atoms. The number of ether oxygens (including phenoxy) is 1. The zero-order valence-electron chi connectivity index (χ0n) is 15.7. The van der Waals surface area contributed by atoms with Crippen molar-refractivity contribution in [2.24, 2.45) is 5.73 Å². The minimum Gasteiger partial charge on any atom is -0.483 e. The zero-order chi connectivity index (χ0) is 19.9. The van der Waals surface area contributed by atoms with E-state index < -0.39 is 5.91 Å². The van der Waals surface area contributed by atoms with Crippen molar-refractivity contribution >= 4 is 17.5 Å². The summed E-state index contributed by atoms with van der Waals surface area (Å²) in [6.45, 7) is 2.10. The van der Waals surface area contributed by atoms with Crippen LogP contribution in [0, 0.1) is 6.92 Å². The van der Waals surface area contributed by atoms with Crippen LogP contribution in [-0.4, -0.2) is 18.4 Å². The molecule has 3 rings (SSSR count). The lowest BCUT2D eigenvalue weighted by Gasteiger charge is -2.23. The zero-order valence-corrected chi connectivity index (χ0v) is 15.7. The summed E-state index contributed by atoms with van der Waals surface area (Å²) in [5, 5.41) is 0. The summed E-state index contributed by atoms with van der Waals surface area (Å²) in [6, 6.07) is 24.3. The highest BCUT2D eigenvalue weighted by Gasteiger charge is 2.18. The minimum atomic E-state index is -0.591. The van der Waals surface area contributed by atoms with Crippen LogP contribution in [0.15, 0.2) is 78.9 Å². The van der Waals surface area contributed by atoms with Crippen molar-refractivity contribution in [2.45, 2.75) is 13.5 Å². The Morgan fingerprint density at radius 1 is 0.929 bits per heavy atom. The Morgan fingerprint density at radius 3 is 2.21 bits per heavy atom. The predicted molar refractivity (Wildman–Crippen MR) is 109 cm³/mol. The van der Waals surface area contributed by atoms with Gasteiger partial charge in [0.05, 0.1) is 12.1 Å². The lowest BCUT2D eigenvalue weighted by Crippen LogP contribution is -2.34. The molecular weight excluding hydrogens is 352 g/mol. The van der Waals surface area contributed by atoms with Crippen LogP contribution in [0.4, 0.5) is 5.69 Å². The average Bonchev–Trinajstić information content (AvgIpc) is 2.71. The second-order valence-corrected chi connectivity index (χ2v) is 6.45. The third kappa shape index (κ3) is 4.76. The van der Waals surface area contributed by atoms with Gasteiger partial charge >= 0.3 is 0 Å². The van der Waals surface area contributed by atoms with Gasteiger partial charge in [0.2, 0.25) is 0 Å². The SMILES string of the molecule is Cc1ccc(C(N)=O)c(OCC(=O)N(Cc2ccccc2)c2ccccc2)c1. The van der Waals surface area contributed by atoms with Gasteiger partial charge in [0.1, 0.15) is 5.75 Å². The Hall–Kier alpha value is -3.60. The molecule has 5 heteroatoms. The van der Waals surface area contributed by atoms with Crippen LogP contribution in [0.1, 0.15) is 21.5 Å². The van der Waals surface area contributed by atoms with Gasteiger partial charge < -0.3 is 15.4 Å². The van der Waals surface area contributed by atoms with Gasteiger partial charge in [0.15, 0.2) is 6.61 Å². The highest BCUT2D eigenvalue weighted by Crippen LogP contribution is 2.21. The number of nitrogens with zero attached hydrogens (tertiary/aromatic N) is 1. The fraction of sp³-hybridized carbons (Fsp3) is 0.130. The molecule has 0 radical (unpaired) electrons. The first-order valence-corrected chi connectivity index (χ1v) is 8.97. The van der Waals surface area contributed by atoms with Gasteiger partial charge in [0, 0.05) is 5.69 Å². The number of carbonyl (C=O) groups is 2. The molecule has 2 N–H and O–H groups in total. The summed E-state index contributed by atoms with van der Waals surface area (Å²) in [5.74, 6) is -0.493. The van der Waals surface area contributed by atoms with Crippen molar-refractivity contribution in [3.63, 3.8) is 0 Å². The van der Waals surface area contributed by atoms with Crippen LogP contribution in [0.5, 0.6) is 5.75 Å². The molecule has 0 aromatic heterocycles. The second-order valence-electron chi connectivity index (χ2n) is 6.45. The Labute approximate surface area is 164 Å². The van der Waals surface area contributed by atoms with E-state index in [4.69, 9.17) is 10.5 Å². The van der Waals surface area contributed by atoms with Crippen molar-refractivity contribution in [1.29, 1.82) is 0 Å².